The maximum Gasteiger partial charge on any atom is 0.287 e. The molecule has 110 valence electrons. The monoisotopic (exact) mass is 286 g/mol. The molecule has 0 amide bonds. The Morgan fingerprint density at radius 1 is 1.43 bits per heavy atom. The highest BCUT2D eigenvalue weighted by molar-refractivity contribution is 5.60. The largest absolute Gasteiger partial charge is 0.366 e. The van der Waals surface area contributed by atoms with Crippen LogP contribution in [0, 0.1) is 21.4 Å². The van der Waals surface area contributed by atoms with Crippen molar-refractivity contribution in [2.24, 2.45) is 0 Å². The van der Waals surface area contributed by atoms with Crippen LogP contribution in [0.15, 0.2) is 18.2 Å². The summed E-state index contributed by atoms with van der Waals surface area (Å²) >= 11 is 0. The molecule has 0 saturated carbocycles. The Morgan fingerprint density at radius 2 is 2.24 bits per heavy atom. The molecule has 2 unspecified atom stereocenters. The van der Waals surface area contributed by atoms with Crippen molar-refractivity contribution in [2.45, 2.75) is 31.8 Å². The van der Waals surface area contributed by atoms with Gasteiger partial charge in [0.1, 0.15) is 11.6 Å². The smallest absolute Gasteiger partial charge is 0.287 e. The quantitative estimate of drug-likeness (QED) is 0.615. The number of piperazine rings is 1. The maximum absolute atomic E-state index is 10.9. The lowest BCUT2D eigenvalue weighted by atomic mass is 10.1. The van der Waals surface area contributed by atoms with Crippen molar-refractivity contribution in [3.8, 4) is 6.07 Å². The number of nitriles is 1. The summed E-state index contributed by atoms with van der Waals surface area (Å²) in [5, 5.41) is 20.0. The molecule has 6 heteroatoms. The average Bonchev–Trinajstić information content (AvgIpc) is 2.92. The first kappa shape index (κ1) is 13.8. The number of nitro benzene ring substituents is 1. The molecule has 0 aliphatic carbocycles. The third-order valence-corrected chi connectivity index (χ3v) is 4.57. The number of benzene rings is 1. The molecule has 0 N–H and O–H groups in total. The van der Waals surface area contributed by atoms with Gasteiger partial charge in [0.25, 0.3) is 5.69 Å². The molecule has 6 nitrogen and oxygen atoms in total. The van der Waals surface area contributed by atoms with Crippen LogP contribution in [0.2, 0.25) is 0 Å². The predicted octanol–water partition coefficient (Wildman–Crippen LogP) is 2.14. The molecule has 0 aromatic heterocycles. The number of anilines is 1. The van der Waals surface area contributed by atoms with E-state index in [0.29, 0.717) is 12.1 Å². The minimum absolute atomic E-state index is 0.117. The van der Waals surface area contributed by atoms with E-state index in [1.54, 1.807) is 12.1 Å². The standard InChI is InChI=1S/C15H18N4O2/c1-11-9-17-6-2-3-14(17)10-18(11)13-4-5-15(19(20)21)12(7-13)8-16/h4-5,7,11,14H,2-3,6,9-10H2,1H3. The maximum atomic E-state index is 10.9. The molecule has 2 atom stereocenters. The average molecular weight is 286 g/mol. The van der Waals surface area contributed by atoms with Crippen LogP contribution in [0.3, 0.4) is 0 Å². The number of hydrogen-bond acceptors (Lipinski definition) is 5. The zero-order valence-electron chi connectivity index (χ0n) is 12.0. The topological polar surface area (TPSA) is 73.4 Å². The van der Waals surface area contributed by atoms with Gasteiger partial charge in [0.15, 0.2) is 0 Å². The van der Waals surface area contributed by atoms with E-state index in [1.165, 1.54) is 25.5 Å². The van der Waals surface area contributed by atoms with Gasteiger partial charge in [-0.15, -0.1) is 0 Å². The fourth-order valence-corrected chi connectivity index (χ4v) is 3.50. The van der Waals surface area contributed by atoms with Crippen molar-refractivity contribution in [2.75, 3.05) is 24.5 Å². The molecule has 0 bridgehead atoms. The van der Waals surface area contributed by atoms with Gasteiger partial charge in [0.2, 0.25) is 0 Å². The van der Waals surface area contributed by atoms with Crippen LogP contribution >= 0.6 is 0 Å². The Balaban J connectivity index is 1.89. The van der Waals surface area contributed by atoms with E-state index >= 15 is 0 Å². The van der Waals surface area contributed by atoms with E-state index < -0.39 is 4.92 Å². The molecular formula is C15H18N4O2. The van der Waals surface area contributed by atoms with E-state index in [4.69, 9.17) is 5.26 Å². The predicted molar refractivity (Wildman–Crippen MR) is 79.2 cm³/mol. The number of nitrogens with zero attached hydrogens (tertiary/aromatic N) is 4. The molecule has 21 heavy (non-hydrogen) atoms. The van der Waals surface area contributed by atoms with Crippen molar-refractivity contribution in [3.63, 3.8) is 0 Å². The van der Waals surface area contributed by atoms with Crippen LogP contribution in [0.25, 0.3) is 0 Å². The van der Waals surface area contributed by atoms with Crippen LogP contribution < -0.4 is 4.90 Å². The molecule has 2 aliphatic heterocycles. The van der Waals surface area contributed by atoms with Gasteiger partial charge in [-0.1, -0.05) is 0 Å². The Hall–Kier alpha value is -2.13. The number of fused-ring (bicyclic) bond motifs is 1. The zero-order chi connectivity index (χ0) is 15.0. The normalized spacial score (nSPS) is 25.4. The lowest BCUT2D eigenvalue weighted by molar-refractivity contribution is -0.385. The molecule has 1 aromatic carbocycles. The van der Waals surface area contributed by atoms with Gasteiger partial charge in [0, 0.05) is 36.9 Å². The third kappa shape index (κ3) is 2.45. The summed E-state index contributed by atoms with van der Waals surface area (Å²) in [5.41, 5.74) is 0.933. The van der Waals surface area contributed by atoms with Crippen molar-refractivity contribution in [1.29, 1.82) is 5.26 Å². The summed E-state index contributed by atoms with van der Waals surface area (Å²) in [6, 6.07) is 7.73. The molecule has 0 spiro atoms. The van der Waals surface area contributed by atoms with Crippen LogP contribution in [-0.2, 0) is 0 Å². The second kappa shape index (κ2) is 5.34. The van der Waals surface area contributed by atoms with Gasteiger partial charge in [-0.2, -0.15) is 5.26 Å². The summed E-state index contributed by atoms with van der Waals surface area (Å²) in [4.78, 5) is 15.2. The van der Waals surface area contributed by atoms with Crippen molar-refractivity contribution >= 4 is 11.4 Å². The van der Waals surface area contributed by atoms with E-state index in [9.17, 15) is 10.1 Å². The Labute approximate surface area is 123 Å². The van der Waals surface area contributed by atoms with Crippen LogP contribution in [0.4, 0.5) is 11.4 Å². The Kier molecular flexibility index (Phi) is 3.52. The van der Waals surface area contributed by atoms with Gasteiger partial charge in [-0.3, -0.25) is 15.0 Å². The summed E-state index contributed by atoms with van der Waals surface area (Å²) in [6.45, 7) is 5.29. The van der Waals surface area contributed by atoms with Gasteiger partial charge in [-0.25, -0.2) is 0 Å². The van der Waals surface area contributed by atoms with Crippen LogP contribution in [-0.4, -0.2) is 41.5 Å². The van der Waals surface area contributed by atoms with Gasteiger partial charge in [-0.05, 0) is 38.4 Å². The highest BCUT2D eigenvalue weighted by Gasteiger charge is 2.34. The number of rotatable bonds is 2. The highest BCUT2D eigenvalue weighted by Crippen LogP contribution is 2.31. The van der Waals surface area contributed by atoms with E-state index in [1.807, 2.05) is 6.07 Å². The molecule has 1 aromatic rings. The first-order valence-electron chi connectivity index (χ1n) is 7.29. The summed E-state index contributed by atoms with van der Waals surface area (Å²) in [6.07, 6.45) is 2.45. The van der Waals surface area contributed by atoms with Gasteiger partial charge in [0.05, 0.1) is 4.92 Å². The molecule has 2 aliphatic rings. The first-order valence-corrected chi connectivity index (χ1v) is 7.29. The summed E-state index contributed by atoms with van der Waals surface area (Å²) in [5.74, 6) is 0. The highest BCUT2D eigenvalue weighted by atomic mass is 16.6. The Morgan fingerprint density at radius 3 is 2.95 bits per heavy atom. The van der Waals surface area contributed by atoms with E-state index in [-0.39, 0.29) is 11.3 Å². The zero-order valence-corrected chi connectivity index (χ0v) is 12.0. The third-order valence-electron chi connectivity index (χ3n) is 4.57. The molecule has 0 radical (unpaired) electrons. The minimum atomic E-state index is -0.499. The number of nitro groups is 1. The fraction of sp³-hybridized carbons (Fsp3) is 0.533. The summed E-state index contributed by atoms with van der Waals surface area (Å²) < 4.78 is 0. The second-order valence-electron chi connectivity index (χ2n) is 5.86. The lowest BCUT2D eigenvalue weighted by Crippen LogP contribution is -2.55. The van der Waals surface area contributed by atoms with Crippen LogP contribution in [0.1, 0.15) is 25.3 Å². The second-order valence-corrected chi connectivity index (χ2v) is 5.86. The van der Waals surface area contributed by atoms with E-state index in [2.05, 4.69) is 16.7 Å². The fourth-order valence-electron chi connectivity index (χ4n) is 3.50. The van der Waals surface area contributed by atoms with Crippen molar-refractivity contribution < 1.29 is 4.92 Å². The first-order chi connectivity index (χ1) is 10.1. The molecule has 2 fully saturated rings. The van der Waals surface area contributed by atoms with Crippen molar-refractivity contribution in [1.82, 2.24) is 4.90 Å². The van der Waals surface area contributed by atoms with E-state index in [0.717, 1.165) is 18.8 Å². The Bertz CT molecular complexity index is 610. The van der Waals surface area contributed by atoms with Crippen LogP contribution in [0.5, 0.6) is 0 Å². The molecule has 2 heterocycles. The van der Waals surface area contributed by atoms with Gasteiger partial charge < -0.3 is 4.90 Å². The number of hydrogen-bond donors (Lipinski definition) is 0. The summed E-state index contributed by atoms with van der Waals surface area (Å²) in [7, 11) is 0. The SMILES string of the molecule is CC1CN2CCCC2CN1c1ccc([N+](=O)[O-])c(C#N)c1. The van der Waals surface area contributed by atoms with Gasteiger partial charge >= 0.3 is 0 Å². The molecular weight excluding hydrogens is 268 g/mol. The van der Waals surface area contributed by atoms with Crippen molar-refractivity contribution in [3.05, 3.63) is 33.9 Å². The molecule has 3 rings (SSSR count). The molecule has 2 saturated heterocycles. The lowest BCUT2D eigenvalue weighted by Gasteiger charge is -2.43. The minimum Gasteiger partial charge on any atom is -0.366 e.